The summed E-state index contributed by atoms with van der Waals surface area (Å²) in [7, 11) is -0.957. The average molecular weight is 312 g/mol. The third-order valence-corrected chi connectivity index (χ3v) is 9.89. The standard InChI is InChI=1S/C11H25ISi/c1-11(2,3)13(4,5)10-8-6-7-9-12/h6-10H2,1-5H3. The maximum Gasteiger partial charge on any atom is 0.0527 e. The average Bonchev–Trinajstić information content (AvgIpc) is 1.96. The van der Waals surface area contributed by atoms with E-state index < -0.39 is 8.07 Å². The molecule has 0 fully saturated rings. The van der Waals surface area contributed by atoms with Crippen molar-refractivity contribution in [1.29, 1.82) is 0 Å². The molecular formula is C11H25ISi. The summed E-state index contributed by atoms with van der Waals surface area (Å²) in [5.41, 5.74) is 0. The van der Waals surface area contributed by atoms with Gasteiger partial charge in [0.2, 0.25) is 0 Å². The van der Waals surface area contributed by atoms with Crippen LogP contribution in [0.5, 0.6) is 0 Å². The van der Waals surface area contributed by atoms with Gasteiger partial charge in [-0.1, -0.05) is 75.3 Å². The normalized spacial score (nSPS) is 13.4. The zero-order chi connectivity index (χ0) is 10.5. The highest BCUT2D eigenvalue weighted by atomic mass is 127. The number of hydrogen-bond acceptors (Lipinski definition) is 0. The highest BCUT2D eigenvalue weighted by molar-refractivity contribution is 14.1. The highest BCUT2D eigenvalue weighted by Gasteiger charge is 2.33. The van der Waals surface area contributed by atoms with Crippen LogP contribution in [-0.2, 0) is 0 Å². The number of rotatable bonds is 5. The minimum Gasteiger partial charge on any atom is -0.0864 e. The fraction of sp³-hybridized carbons (Fsp3) is 1.00. The molecule has 0 aromatic carbocycles. The van der Waals surface area contributed by atoms with Gasteiger partial charge in [-0.05, 0) is 15.9 Å². The van der Waals surface area contributed by atoms with E-state index in [1.807, 2.05) is 0 Å². The lowest BCUT2D eigenvalue weighted by molar-refractivity contribution is 0.691. The third kappa shape index (κ3) is 5.40. The molecular weight excluding hydrogens is 287 g/mol. The second-order valence-electron chi connectivity index (χ2n) is 5.63. The summed E-state index contributed by atoms with van der Waals surface area (Å²) >= 11 is 2.48. The van der Waals surface area contributed by atoms with E-state index in [2.05, 4.69) is 56.5 Å². The van der Waals surface area contributed by atoms with Crippen LogP contribution in [0.4, 0.5) is 0 Å². The molecule has 0 aromatic heterocycles. The second-order valence-corrected chi connectivity index (χ2v) is 12.5. The van der Waals surface area contributed by atoms with Gasteiger partial charge in [0, 0.05) is 0 Å². The predicted octanol–water partition coefficient (Wildman–Crippen LogP) is 5.10. The lowest BCUT2D eigenvalue weighted by atomic mass is 10.2. The van der Waals surface area contributed by atoms with Crippen LogP contribution in [-0.4, -0.2) is 12.5 Å². The molecule has 0 bridgehead atoms. The number of unbranched alkanes of at least 4 members (excludes halogenated alkanes) is 2. The van der Waals surface area contributed by atoms with Crippen molar-refractivity contribution in [3.05, 3.63) is 0 Å². The fourth-order valence-electron chi connectivity index (χ4n) is 1.21. The van der Waals surface area contributed by atoms with Crippen molar-refractivity contribution in [2.75, 3.05) is 4.43 Å². The Balaban J connectivity index is 3.77. The van der Waals surface area contributed by atoms with E-state index >= 15 is 0 Å². The molecule has 0 aliphatic rings. The molecule has 0 nitrogen and oxygen atoms in total. The van der Waals surface area contributed by atoms with Crippen molar-refractivity contribution in [3.63, 3.8) is 0 Å². The predicted molar refractivity (Wildman–Crippen MR) is 74.7 cm³/mol. The number of hydrogen-bond donors (Lipinski definition) is 0. The van der Waals surface area contributed by atoms with Crippen molar-refractivity contribution >= 4 is 30.7 Å². The first-order valence-electron chi connectivity index (χ1n) is 5.37. The van der Waals surface area contributed by atoms with E-state index in [1.54, 1.807) is 0 Å². The first kappa shape index (κ1) is 13.9. The van der Waals surface area contributed by atoms with Crippen LogP contribution in [0.1, 0.15) is 40.0 Å². The van der Waals surface area contributed by atoms with Gasteiger partial charge in [-0.2, -0.15) is 0 Å². The lowest BCUT2D eigenvalue weighted by Crippen LogP contribution is -2.36. The van der Waals surface area contributed by atoms with Gasteiger partial charge < -0.3 is 0 Å². The number of alkyl halides is 1. The Kier molecular flexibility index (Phi) is 6.16. The Labute approximate surface area is 99.0 Å². The van der Waals surface area contributed by atoms with E-state index in [0.717, 1.165) is 0 Å². The molecule has 0 rings (SSSR count). The van der Waals surface area contributed by atoms with Crippen LogP contribution in [0.3, 0.4) is 0 Å². The van der Waals surface area contributed by atoms with Crippen molar-refractivity contribution in [3.8, 4) is 0 Å². The van der Waals surface area contributed by atoms with Crippen molar-refractivity contribution < 1.29 is 0 Å². The van der Waals surface area contributed by atoms with Gasteiger partial charge >= 0.3 is 0 Å². The molecule has 0 saturated heterocycles. The molecule has 0 amide bonds. The minimum atomic E-state index is -0.957. The molecule has 0 aliphatic heterocycles. The van der Waals surface area contributed by atoms with Crippen LogP contribution in [0.25, 0.3) is 0 Å². The first-order chi connectivity index (χ1) is 5.81. The Bertz CT molecular complexity index is 136. The molecule has 0 aliphatic carbocycles. The van der Waals surface area contributed by atoms with Gasteiger partial charge in [0.15, 0.2) is 0 Å². The van der Waals surface area contributed by atoms with Crippen LogP contribution in [0, 0.1) is 0 Å². The molecule has 0 atom stereocenters. The maximum absolute atomic E-state index is 2.54. The zero-order valence-electron chi connectivity index (χ0n) is 9.91. The molecule has 0 unspecified atom stereocenters. The summed E-state index contributed by atoms with van der Waals surface area (Å²) < 4.78 is 1.33. The van der Waals surface area contributed by atoms with Crippen LogP contribution in [0.15, 0.2) is 0 Å². The molecule has 0 N–H and O–H groups in total. The molecule has 80 valence electrons. The van der Waals surface area contributed by atoms with E-state index in [0.29, 0.717) is 5.04 Å². The Morgan fingerprint density at radius 1 is 1.00 bits per heavy atom. The quantitative estimate of drug-likeness (QED) is 0.287. The van der Waals surface area contributed by atoms with Gasteiger partial charge in [0.1, 0.15) is 0 Å². The lowest BCUT2D eigenvalue weighted by Gasteiger charge is -2.37. The highest BCUT2D eigenvalue weighted by Crippen LogP contribution is 2.39. The second kappa shape index (κ2) is 5.74. The topological polar surface area (TPSA) is 0 Å². The van der Waals surface area contributed by atoms with E-state index in [-0.39, 0.29) is 0 Å². The summed E-state index contributed by atoms with van der Waals surface area (Å²) in [6, 6.07) is 1.51. The SMILES string of the molecule is CC(C)(C)[Si](C)(C)CCCCCI. The summed E-state index contributed by atoms with van der Waals surface area (Å²) in [6.07, 6.45) is 4.31. The van der Waals surface area contributed by atoms with Crippen molar-refractivity contribution in [1.82, 2.24) is 0 Å². The smallest absolute Gasteiger partial charge is 0.0527 e. The molecule has 0 radical (unpaired) electrons. The van der Waals surface area contributed by atoms with Crippen molar-refractivity contribution in [2.24, 2.45) is 0 Å². The maximum atomic E-state index is 2.54. The van der Waals surface area contributed by atoms with Gasteiger partial charge in [0.25, 0.3) is 0 Å². The molecule has 0 saturated carbocycles. The van der Waals surface area contributed by atoms with E-state index in [4.69, 9.17) is 0 Å². The number of halogens is 1. The third-order valence-electron chi connectivity index (χ3n) is 3.47. The van der Waals surface area contributed by atoms with Crippen LogP contribution >= 0.6 is 22.6 Å². The largest absolute Gasteiger partial charge is 0.0864 e. The van der Waals surface area contributed by atoms with Gasteiger partial charge in [-0.25, -0.2) is 0 Å². The zero-order valence-corrected chi connectivity index (χ0v) is 13.1. The summed E-state index contributed by atoms with van der Waals surface area (Å²) in [4.78, 5) is 0. The van der Waals surface area contributed by atoms with Gasteiger partial charge in [-0.15, -0.1) is 0 Å². The molecule has 0 heterocycles. The molecule has 0 aromatic rings. The van der Waals surface area contributed by atoms with E-state index in [9.17, 15) is 0 Å². The summed E-state index contributed by atoms with van der Waals surface area (Å²) in [6.45, 7) is 12.3. The monoisotopic (exact) mass is 312 g/mol. The molecule has 0 spiro atoms. The van der Waals surface area contributed by atoms with Crippen LogP contribution in [0.2, 0.25) is 24.2 Å². The first-order valence-corrected chi connectivity index (χ1v) is 10.1. The van der Waals surface area contributed by atoms with Gasteiger partial charge in [-0.3, -0.25) is 0 Å². The van der Waals surface area contributed by atoms with E-state index in [1.165, 1.54) is 29.7 Å². The summed E-state index contributed by atoms with van der Waals surface area (Å²) in [5.74, 6) is 0. The van der Waals surface area contributed by atoms with Crippen LogP contribution < -0.4 is 0 Å². The minimum absolute atomic E-state index is 0.581. The Hall–Kier alpha value is 0.947. The van der Waals surface area contributed by atoms with Crippen molar-refractivity contribution in [2.45, 2.75) is 64.2 Å². The van der Waals surface area contributed by atoms with Gasteiger partial charge in [0.05, 0.1) is 8.07 Å². The summed E-state index contributed by atoms with van der Waals surface area (Å²) in [5, 5.41) is 0.581. The molecule has 13 heavy (non-hydrogen) atoms. The Morgan fingerprint density at radius 3 is 1.92 bits per heavy atom. The fourth-order valence-corrected chi connectivity index (χ4v) is 3.64. The Morgan fingerprint density at radius 2 is 1.54 bits per heavy atom. The molecule has 2 heteroatoms.